The molecule has 0 aliphatic carbocycles. The van der Waals surface area contributed by atoms with Gasteiger partial charge in [0.1, 0.15) is 6.21 Å². The van der Waals surface area contributed by atoms with E-state index in [0.717, 1.165) is 24.6 Å². The number of aromatic nitrogens is 1. The Morgan fingerprint density at radius 3 is 2.70 bits per heavy atom. The van der Waals surface area contributed by atoms with E-state index < -0.39 is 5.91 Å². The number of rotatable bonds is 5. The van der Waals surface area contributed by atoms with Gasteiger partial charge in [-0.15, -0.1) is 0 Å². The van der Waals surface area contributed by atoms with Gasteiger partial charge in [0.25, 0.3) is 5.91 Å². The molecule has 0 saturated carbocycles. The molecule has 1 aromatic heterocycles. The maximum Gasteiger partial charge on any atom is 0.270 e. The summed E-state index contributed by atoms with van der Waals surface area (Å²) in [6, 6.07) is 11.6. The van der Waals surface area contributed by atoms with Crippen LogP contribution < -0.4 is 5.32 Å². The third-order valence-corrected chi connectivity index (χ3v) is 2.82. The largest absolute Gasteiger partial charge is 0.411 e. The van der Waals surface area contributed by atoms with E-state index in [1.807, 2.05) is 30.3 Å². The van der Waals surface area contributed by atoms with Crippen LogP contribution in [-0.2, 0) is 17.6 Å². The first-order valence-corrected chi connectivity index (χ1v) is 6.24. The maximum atomic E-state index is 11.3. The second-order valence-corrected chi connectivity index (χ2v) is 4.29. The molecule has 5 heteroatoms. The highest BCUT2D eigenvalue weighted by atomic mass is 16.4. The first-order chi connectivity index (χ1) is 9.78. The predicted molar refractivity (Wildman–Crippen MR) is 77.0 cm³/mol. The highest BCUT2D eigenvalue weighted by molar-refractivity contribution is 6.31. The zero-order valence-corrected chi connectivity index (χ0v) is 10.9. The van der Waals surface area contributed by atoms with E-state index in [2.05, 4.69) is 15.5 Å². The van der Waals surface area contributed by atoms with Crippen molar-refractivity contribution in [3.8, 4) is 0 Å². The molecule has 5 nitrogen and oxygen atoms in total. The lowest BCUT2D eigenvalue weighted by atomic mass is 10.0. The van der Waals surface area contributed by atoms with Crippen LogP contribution in [0.5, 0.6) is 0 Å². The van der Waals surface area contributed by atoms with Gasteiger partial charge in [0.15, 0.2) is 0 Å². The average Bonchev–Trinajstić information content (AvgIpc) is 2.47. The third kappa shape index (κ3) is 4.20. The predicted octanol–water partition coefficient (Wildman–Crippen LogP) is 2.27. The summed E-state index contributed by atoms with van der Waals surface area (Å²) in [6.45, 7) is 0. The second kappa shape index (κ2) is 7.04. The van der Waals surface area contributed by atoms with Gasteiger partial charge in [-0.3, -0.25) is 9.78 Å². The number of pyridine rings is 1. The molecule has 0 aliphatic heterocycles. The maximum absolute atomic E-state index is 11.3. The van der Waals surface area contributed by atoms with Crippen LogP contribution in [0.25, 0.3) is 0 Å². The molecule has 0 aliphatic rings. The summed E-state index contributed by atoms with van der Waals surface area (Å²) in [6.07, 6.45) is 6.17. The van der Waals surface area contributed by atoms with E-state index >= 15 is 0 Å². The SMILES string of the molecule is O=C(/C=N/O)Nc1cccc(CCc2ccncc2)c1. The van der Waals surface area contributed by atoms with Crippen molar-refractivity contribution in [3.63, 3.8) is 0 Å². The summed E-state index contributed by atoms with van der Waals surface area (Å²) in [7, 11) is 0. The number of anilines is 1. The zero-order valence-electron chi connectivity index (χ0n) is 10.9. The number of hydrogen-bond donors (Lipinski definition) is 2. The van der Waals surface area contributed by atoms with Crippen molar-refractivity contribution in [2.45, 2.75) is 12.8 Å². The Hall–Kier alpha value is -2.69. The van der Waals surface area contributed by atoms with E-state index in [4.69, 9.17) is 5.21 Å². The Balaban J connectivity index is 1.97. The van der Waals surface area contributed by atoms with Gasteiger partial charge in [-0.25, -0.2) is 0 Å². The normalized spacial score (nSPS) is 10.6. The Bertz CT molecular complexity index is 597. The highest BCUT2D eigenvalue weighted by Gasteiger charge is 2.01. The van der Waals surface area contributed by atoms with Crippen LogP contribution in [0.3, 0.4) is 0 Å². The van der Waals surface area contributed by atoms with E-state index in [0.29, 0.717) is 5.69 Å². The second-order valence-electron chi connectivity index (χ2n) is 4.29. The molecule has 2 aromatic rings. The average molecular weight is 269 g/mol. The summed E-state index contributed by atoms with van der Waals surface area (Å²) in [5.74, 6) is -0.459. The molecule has 0 atom stereocenters. The number of oxime groups is 1. The summed E-state index contributed by atoms with van der Waals surface area (Å²) in [5, 5.41) is 13.6. The van der Waals surface area contributed by atoms with Crippen molar-refractivity contribution in [1.82, 2.24) is 4.98 Å². The van der Waals surface area contributed by atoms with Gasteiger partial charge in [-0.05, 0) is 48.2 Å². The number of benzene rings is 1. The van der Waals surface area contributed by atoms with Crippen molar-refractivity contribution < 1.29 is 10.0 Å². The first kappa shape index (κ1) is 13.7. The molecule has 102 valence electrons. The molecule has 0 bridgehead atoms. The van der Waals surface area contributed by atoms with Crippen LogP contribution in [-0.4, -0.2) is 22.3 Å². The van der Waals surface area contributed by atoms with Gasteiger partial charge < -0.3 is 10.5 Å². The summed E-state index contributed by atoms with van der Waals surface area (Å²) in [5.41, 5.74) is 3.03. The molecule has 0 fully saturated rings. The van der Waals surface area contributed by atoms with E-state index in [9.17, 15) is 4.79 Å². The van der Waals surface area contributed by atoms with Crippen molar-refractivity contribution in [2.24, 2.45) is 5.16 Å². The molecule has 0 radical (unpaired) electrons. The Morgan fingerprint density at radius 1 is 1.20 bits per heavy atom. The van der Waals surface area contributed by atoms with Crippen molar-refractivity contribution >= 4 is 17.8 Å². The Kier molecular flexibility index (Phi) is 4.83. The number of carbonyl (C=O) groups is 1. The minimum atomic E-state index is -0.459. The lowest BCUT2D eigenvalue weighted by Gasteiger charge is -2.06. The molecule has 1 amide bonds. The van der Waals surface area contributed by atoms with E-state index in [-0.39, 0.29) is 0 Å². The molecule has 20 heavy (non-hydrogen) atoms. The van der Waals surface area contributed by atoms with Crippen molar-refractivity contribution in [3.05, 3.63) is 59.9 Å². The Morgan fingerprint density at radius 2 is 1.95 bits per heavy atom. The quantitative estimate of drug-likeness (QED) is 0.496. The van der Waals surface area contributed by atoms with Gasteiger partial charge in [-0.1, -0.05) is 17.3 Å². The summed E-state index contributed by atoms with van der Waals surface area (Å²) < 4.78 is 0. The number of aryl methyl sites for hydroxylation is 2. The minimum absolute atomic E-state index is 0.459. The molecule has 1 aromatic carbocycles. The van der Waals surface area contributed by atoms with Crippen LogP contribution in [0.2, 0.25) is 0 Å². The molecular formula is C15H15N3O2. The number of amides is 1. The molecular weight excluding hydrogens is 254 g/mol. The number of carbonyl (C=O) groups excluding carboxylic acids is 1. The first-order valence-electron chi connectivity index (χ1n) is 6.24. The number of hydrogen-bond acceptors (Lipinski definition) is 4. The third-order valence-electron chi connectivity index (χ3n) is 2.82. The fraction of sp³-hybridized carbons (Fsp3) is 0.133. The molecule has 0 saturated heterocycles. The summed E-state index contributed by atoms with van der Waals surface area (Å²) in [4.78, 5) is 15.3. The van der Waals surface area contributed by atoms with Crippen LogP contribution in [0.1, 0.15) is 11.1 Å². The topological polar surface area (TPSA) is 74.6 Å². The van der Waals surface area contributed by atoms with Crippen molar-refractivity contribution in [1.29, 1.82) is 0 Å². The molecule has 1 heterocycles. The smallest absolute Gasteiger partial charge is 0.270 e. The lowest BCUT2D eigenvalue weighted by molar-refractivity contribution is -0.110. The minimum Gasteiger partial charge on any atom is -0.411 e. The van der Waals surface area contributed by atoms with E-state index in [1.165, 1.54) is 5.56 Å². The number of nitrogens with one attached hydrogen (secondary N) is 1. The fourth-order valence-electron chi connectivity index (χ4n) is 1.87. The van der Waals surface area contributed by atoms with Gasteiger partial charge in [0.2, 0.25) is 0 Å². The number of nitrogens with zero attached hydrogens (tertiary/aromatic N) is 2. The lowest BCUT2D eigenvalue weighted by Crippen LogP contribution is -2.12. The monoisotopic (exact) mass is 269 g/mol. The summed E-state index contributed by atoms with van der Waals surface area (Å²) >= 11 is 0. The standard InChI is InChI=1S/C15H15N3O2/c19-15(11-17-20)18-14-3-1-2-13(10-14)5-4-12-6-8-16-9-7-12/h1-3,6-11,20H,4-5H2,(H,18,19)/b17-11+. The molecule has 0 unspecified atom stereocenters. The van der Waals surface area contributed by atoms with Crippen LogP contribution in [0.15, 0.2) is 53.9 Å². The van der Waals surface area contributed by atoms with Gasteiger partial charge in [0.05, 0.1) is 0 Å². The van der Waals surface area contributed by atoms with Crippen LogP contribution >= 0.6 is 0 Å². The van der Waals surface area contributed by atoms with Crippen molar-refractivity contribution in [2.75, 3.05) is 5.32 Å². The molecule has 2 rings (SSSR count). The van der Waals surface area contributed by atoms with Crippen LogP contribution in [0.4, 0.5) is 5.69 Å². The van der Waals surface area contributed by atoms with E-state index in [1.54, 1.807) is 18.5 Å². The Labute approximate surface area is 117 Å². The van der Waals surface area contributed by atoms with Gasteiger partial charge in [-0.2, -0.15) is 0 Å². The molecule has 0 spiro atoms. The van der Waals surface area contributed by atoms with Crippen LogP contribution in [0, 0.1) is 0 Å². The highest BCUT2D eigenvalue weighted by Crippen LogP contribution is 2.13. The fourth-order valence-corrected chi connectivity index (χ4v) is 1.87. The zero-order chi connectivity index (χ0) is 14.2. The molecule has 2 N–H and O–H groups in total. The van der Waals surface area contributed by atoms with Gasteiger partial charge >= 0.3 is 0 Å². The van der Waals surface area contributed by atoms with Gasteiger partial charge in [0, 0.05) is 18.1 Å².